The first kappa shape index (κ1) is 14.1. The second kappa shape index (κ2) is 5.89. The number of benzene rings is 2. The van der Waals surface area contributed by atoms with Gasteiger partial charge < -0.3 is 15.4 Å². The number of rotatable bonds is 3. The van der Waals surface area contributed by atoms with Gasteiger partial charge in [0.25, 0.3) is 17.9 Å². The molecule has 0 spiro atoms. The maximum atomic E-state index is 12.2. The van der Waals surface area contributed by atoms with Crippen molar-refractivity contribution in [3.05, 3.63) is 59.7 Å². The maximum absolute atomic E-state index is 12.2. The van der Waals surface area contributed by atoms with Crippen LogP contribution < -0.4 is 15.4 Å². The second-order valence-electron chi connectivity index (χ2n) is 5.19. The first-order chi connectivity index (χ1) is 10.6. The molecule has 22 heavy (non-hydrogen) atoms. The topological polar surface area (TPSA) is 67.4 Å². The Morgan fingerprint density at radius 1 is 1.23 bits per heavy atom. The highest BCUT2D eigenvalue weighted by molar-refractivity contribution is 6.11. The number of ether oxygens (including phenoxy) is 1. The molecular formula is C17H16N2O3. The van der Waals surface area contributed by atoms with E-state index in [9.17, 15) is 9.59 Å². The molecule has 2 aromatic carbocycles. The van der Waals surface area contributed by atoms with E-state index >= 15 is 0 Å². The van der Waals surface area contributed by atoms with E-state index in [4.69, 9.17) is 4.74 Å². The molecule has 5 nitrogen and oxygen atoms in total. The fourth-order valence-corrected chi connectivity index (χ4v) is 2.27. The van der Waals surface area contributed by atoms with Crippen LogP contribution in [0.3, 0.4) is 0 Å². The molecule has 0 fully saturated rings. The van der Waals surface area contributed by atoms with E-state index in [2.05, 4.69) is 10.6 Å². The van der Waals surface area contributed by atoms with Crippen LogP contribution in [0.5, 0.6) is 5.75 Å². The Kier molecular flexibility index (Phi) is 3.78. The third kappa shape index (κ3) is 2.93. The SMILES string of the molecule is Cc1ccc2c(c1)NC(=O)[C@@H](C(=O)NCc1ccccc1)O2. The Morgan fingerprint density at radius 3 is 2.77 bits per heavy atom. The maximum Gasteiger partial charge on any atom is 0.275 e. The summed E-state index contributed by atoms with van der Waals surface area (Å²) in [4.78, 5) is 24.2. The van der Waals surface area contributed by atoms with E-state index < -0.39 is 17.9 Å². The van der Waals surface area contributed by atoms with Gasteiger partial charge in [0, 0.05) is 6.54 Å². The number of carbonyl (C=O) groups is 2. The molecule has 0 radical (unpaired) electrons. The summed E-state index contributed by atoms with van der Waals surface area (Å²) in [6, 6.07) is 14.9. The van der Waals surface area contributed by atoms with Crippen LogP contribution in [0, 0.1) is 6.92 Å². The normalized spacial score (nSPS) is 16.2. The molecule has 3 rings (SSSR count). The van der Waals surface area contributed by atoms with Crippen LogP contribution >= 0.6 is 0 Å². The standard InChI is InChI=1S/C17H16N2O3/c1-11-7-8-14-13(9-11)19-17(21)15(22-14)16(20)18-10-12-5-3-2-4-6-12/h2-9,15H,10H2,1H3,(H,18,20)(H,19,21)/t15-/m1/s1. The molecule has 1 heterocycles. The Bertz CT molecular complexity index is 713. The van der Waals surface area contributed by atoms with Gasteiger partial charge in [-0.05, 0) is 30.2 Å². The second-order valence-corrected chi connectivity index (χ2v) is 5.19. The summed E-state index contributed by atoms with van der Waals surface area (Å²) in [6.45, 7) is 2.28. The third-order valence-electron chi connectivity index (χ3n) is 3.42. The van der Waals surface area contributed by atoms with Crippen LogP contribution in [0.25, 0.3) is 0 Å². The largest absolute Gasteiger partial charge is 0.468 e. The van der Waals surface area contributed by atoms with Gasteiger partial charge in [0.15, 0.2) is 0 Å². The highest BCUT2D eigenvalue weighted by Gasteiger charge is 2.33. The number of amides is 2. The first-order valence-corrected chi connectivity index (χ1v) is 7.03. The van der Waals surface area contributed by atoms with E-state index in [1.807, 2.05) is 49.4 Å². The minimum absolute atomic E-state index is 0.355. The molecule has 0 aromatic heterocycles. The van der Waals surface area contributed by atoms with Crippen LogP contribution in [0.4, 0.5) is 5.69 Å². The average Bonchev–Trinajstić information content (AvgIpc) is 2.53. The lowest BCUT2D eigenvalue weighted by Crippen LogP contribution is -2.48. The Hall–Kier alpha value is -2.82. The van der Waals surface area contributed by atoms with Crippen molar-refractivity contribution in [1.29, 1.82) is 0 Å². The van der Waals surface area contributed by atoms with Crippen molar-refractivity contribution in [2.24, 2.45) is 0 Å². The highest BCUT2D eigenvalue weighted by Crippen LogP contribution is 2.30. The van der Waals surface area contributed by atoms with Crippen molar-refractivity contribution in [3.63, 3.8) is 0 Å². The van der Waals surface area contributed by atoms with Gasteiger partial charge in [0.1, 0.15) is 5.75 Å². The van der Waals surface area contributed by atoms with Crippen LogP contribution in [-0.2, 0) is 16.1 Å². The fourth-order valence-electron chi connectivity index (χ4n) is 2.27. The van der Waals surface area contributed by atoms with E-state index in [1.54, 1.807) is 6.07 Å². The predicted molar refractivity (Wildman–Crippen MR) is 82.5 cm³/mol. The number of aryl methyl sites for hydroxylation is 1. The van der Waals surface area contributed by atoms with E-state index in [1.165, 1.54) is 0 Å². The molecule has 112 valence electrons. The lowest BCUT2D eigenvalue weighted by molar-refractivity contribution is -0.137. The summed E-state index contributed by atoms with van der Waals surface area (Å²) in [5.41, 5.74) is 2.56. The van der Waals surface area contributed by atoms with Crippen LogP contribution in [0.2, 0.25) is 0 Å². The molecule has 2 N–H and O–H groups in total. The molecule has 1 atom stereocenters. The Morgan fingerprint density at radius 2 is 2.00 bits per heavy atom. The smallest absolute Gasteiger partial charge is 0.275 e. The highest BCUT2D eigenvalue weighted by atomic mass is 16.5. The Labute approximate surface area is 128 Å². The zero-order valence-electron chi connectivity index (χ0n) is 12.1. The van der Waals surface area contributed by atoms with E-state index in [-0.39, 0.29) is 0 Å². The van der Waals surface area contributed by atoms with Crippen molar-refractivity contribution in [2.45, 2.75) is 19.6 Å². The fraction of sp³-hybridized carbons (Fsp3) is 0.176. The molecule has 0 saturated carbocycles. The van der Waals surface area contributed by atoms with Crippen molar-refractivity contribution < 1.29 is 14.3 Å². The minimum Gasteiger partial charge on any atom is -0.468 e. The molecule has 2 aromatic rings. The summed E-state index contributed by atoms with van der Waals surface area (Å²) >= 11 is 0. The van der Waals surface area contributed by atoms with Crippen LogP contribution in [0.15, 0.2) is 48.5 Å². The molecule has 0 saturated heterocycles. The zero-order valence-corrected chi connectivity index (χ0v) is 12.1. The molecule has 5 heteroatoms. The van der Waals surface area contributed by atoms with Gasteiger partial charge in [0.2, 0.25) is 0 Å². The Balaban J connectivity index is 1.68. The third-order valence-corrected chi connectivity index (χ3v) is 3.42. The molecular weight excluding hydrogens is 280 g/mol. The number of carbonyl (C=O) groups excluding carboxylic acids is 2. The van der Waals surface area contributed by atoms with Gasteiger partial charge in [-0.25, -0.2) is 0 Å². The van der Waals surface area contributed by atoms with Crippen molar-refractivity contribution in [2.75, 3.05) is 5.32 Å². The van der Waals surface area contributed by atoms with Gasteiger partial charge in [-0.2, -0.15) is 0 Å². The summed E-state index contributed by atoms with van der Waals surface area (Å²) < 4.78 is 5.53. The van der Waals surface area contributed by atoms with Gasteiger partial charge in [-0.3, -0.25) is 9.59 Å². The average molecular weight is 296 g/mol. The molecule has 2 amide bonds. The van der Waals surface area contributed by atoms with Gasteiger partial charge in [-0.1, -0.05) is 36.4 Å². The quantitative estimate of drug-likeness (QED) is 0.851. The number of anilines is 1. The molecule has 0 bridgehead atoms. The number of hydrogen-bond acceptors (Lipinski definition) is 3. The monoisotopic (exact) mass is 296 g/mol. The van der Waals surface area contributed by atoms with Crippen molar-refractivity contribution in [1.82, 2.24) is 5.32 Å². The van der Waals surface area contributed by atoms with Crippen molar-refractivity contribution >= 4 is 17.5 Å². The lowest BCUT2D eigenvalue weighted by Gasteiger charge is -2.25. The summed E-state index contributed by atoms with van der Waals surface area (Å²) in [6.07, 6.45) is -1.17. The number of fused-ring (bicyclic) bond motifs is 1. The van der Waals surface area contributed by atoms with Crippen molar-refractivity contribution in [3.8, 4) is 5.75 Å². The number of hydrogen-bond donors (Lipinski definition) is 2. The molecule has 1 aliphatic rings. The summed E-state index contributed by atoms with van der Waals surface area (Å²) in [5.74, 6) is -0.402. The summed E-state index contributed by atoms with van der Waals surface area (Å²) in [5, 5.41) is 5.42. The number of nitrogens with one attached hydrogen (secondary N) is 2. The van der Waals surface area contributed by atoms with E-state index in [0.717, 1.165) is 11.1 Å². The van der Waals surface area contributed by atoms with Gasteiger partial charge in [-0.15, -0.1) is 0 Å². The van der Waals surface area contributed by atoms with Gasteiger partial charge >= 0.3 is 0 Å². The first-order valence-electron chi connectivity index (χ1n) is 7.03. The summed E-state index contributed by atoms with van der Waals surface area (Å²) in [7, 11) is 0. The lowest BCUT2D eigenvalue weighted by atomic mass is 10.1. The van der Waals surface area contributed by atoms with Crippen LogP contribution in [-0.4, -0.2) is 17.9 Å². The van der Waals surface area contributed by atoms with Crippen LogP contribution in [0.1, 0.15) is 11.1 Å². The minimum atomic E-state index is -1.17. The molecule has 1 aliphatic heterocycles. The zero-order chi connectivity index (χ0) is 15.5. The predicted octanol–water partition coefficient (Wildman–Crippen LogP) is 2.01. The molecule has 0 aliphatic carbocycles. The molecule has 0 unspecified atom stereocenters. The van der Waals surface area contributed by atoms with Gasteiger partial charge in [0.05, 0.1) is 5.69 Å². The van der Waals surface area contributed by atoms with E-state index in [0.29, 0.717) is 18.0 Å².